The fraction of sp³-hybridized carbons (Fsp3) is 0.289. The van der Waals surface area contributed by atoms with Crippen molar-refractivity contribution in [3.05, 3.63) is 136 Å². The minimum absolute atomic E-state index is 0.0737. The molecule has 9 nitrogen and oxygen atoms in total. The predicted molar refractivity (Wildman–Crippen MR) is 189 cm³/mol. The van der Waals surface area contributed by atoms with Gasteiger partial charge in [-0.2, -0.15) is 0 Å². The van der Waals surface area contributed by atoms with Crippen molar-refractivity contribution in [1.29, 1.82) is 0 Å². The van der Waals surface area contributed by atoms with Gasteiger partial charge in [0, 0.05) is 22.5 Å². The average Bonchev–Trinajstić information content (AvgIpc) is 3.12. The van der Waals surface area contributed by atoms with Crippen LogP contribution in [-0.2, 0) is 27.1 Å². The monoisotopic (exact) mass is 749 g/mol. The van der Waals surface area contributed by atoms with E-state index in [1.54, 1.807) is 48.5 Å². The van der Waals surface area contributed by atoms with Crippen LogP contribution in [0.5, 0.6) is 0 Å². The number of carboxylic acid groups (broad SMARTS) is 1. The van der Waals surface area contributed by atoms with Crippen molar-refractivity contribution in [2.75, 3.05) is 25.5 Å². The number of halogens is 3. The number of alkyl carbamates (subject to hydrolysis) is 1. The third-order valence-electron chi connectivity index (χ3n) is 8.66. The number of hydrogen-bond donors (Lipinski definition) is 3. The van der Waals surface area contributed by atoms with Crippen molar-refractivity contribution in [2.24, 2.45) is 0 Å². The van der Waals surface area contributed by atoms with E-state index >= 15 is 8.78 Å². The summed E-state index contributed by atoms with van der Waals surface area (Å²) in [6.45, 7) is -0.531. The first-order valence-corrected chi connectivity index (χ1v) is 16.9. The van der Waals surface area contributed by atoms with Gasteiger partial charge in [-0.25, -0.2) is 18.4 Å². The lowest BCUT2D eigenvalue weighted by Crippen LogP contribution is -2.56. The molecule has 0 saturated carbocycles. The molecule has 262 valence electrons. The Kier molecular flexibility index (Phi) is 12.2. The summed E-state index contributed by atoms with van der Waals surface area (Å²) >= 11 is 3.30. The van der Waals surface area contributed by atoms with Crippen molar-refractivity contribution in [1.82, 2.24) is 10.2 Å². The van der Waals surface area contributed by atoms with Crippen molar-refractivity contribution in [2.45, 2.75) is 49.4 Å². The molecule has 1 heterocycles. The molecule has 1 saturated heterocycles. The van der Waals surface area contributed by atoms with E-state index in [1.165, 1.54) is 7.11 Å². The molecule has 0 aliphatic carbocycles. The lowest BCUT2D eigenvalue weighted by atomic mass is 9.84. The molecule has 0 aromatic heterocycles. The van der Waals surface area contributed by atoms with Gasteiger partial charge >= 0.3 is 12.2 Å². The molecule has 4 aromatic rings. The van der Waals surface area contributed by atoms with Gasteiger partial charge in [-0.15, -0.1) is 0 Å². The first-order valence-electron chi connectivity index (χ1n) is 16.1. The van der Waals surface area contributed by atoms with Gasteiger partial charge in [0.2, 0.25) is 5.91 Å². The van der Waals surface area contributed by atoms with E-state index in [2.05, 4.69) is 26.6 Å². The molecular weight excluding hydrogens is 712 g/mol. The fourth-order valence-corrected chi connectivity index (χ4v) is 6.41. The fourth-order valence-electron chi connectivity index (χ4n) is 6.15. The Labute approximate surface area is 297 Å². The number of carbonyl (C=O) groups excluding carboxylic acids is 2. The second kappa shape index (κ2) is 16.7. The Balaban J connectivity index is 1.34. The van der Waals surface area contributed by atoms with E-state index in [1.807, 2.05) is 60.7 Å². The van der Waals surface area contributed by atoms with Crippen LogP contribution in [0.25, 0.3) is 0 Å². The number of nitrogens with one attached hydrogen (secondary N) is 2. The third kappa shape index (κ3) is 9.45. The number of carbonyl (C=O) groups is 3. The van der Waals surface area contributed by atoms with Crippen LogP contribution in [0.15, 0.2) is 114 Å². The molecule has 12 heteroatoms. The van der Waals surface area contributed by atoms with Gasteiger partial charge in [-0.3, -0.25) is 4.79 Å². The molecule has 3 amide bonds. The molecule has 3 N–H and O–H groups in total. The largest absolute Gasteiger partial charge is 0.465 e. The number of para-hydroxylation sites is 1. The number of morpholine rings is 1. The van der Waals surface area contributed by atoms with Gasteiger partial charge in [0.1, 0.15) is 12.1 Å². The Hall–Kier alpha value is -4.81. The predicted octanol–water partition coefficient (Wildman–Crippen LogP) is 7.50. The van der Waals surface area contributed by atoms with Crippen molar-refractivity contribution in [3.8, 4) is 0 Å². The molecular formula is C38H38BrF2N3O6. The van der Waals surface area contributed by atoms with Gasteiger partial charge < -0.3 is 30.1 Å². The average molecular weight is 751 g/mol. The number of anilines is 1. The van der Waals surface area contributed by atoms with Crippen LogP contribution in [0.3, 0.4) is 0 Å². The SMILES string of the molecule is COC(=O)NC(C(=O)Nc1ccccc1CC[C@@H]1CN(C(=O)O)C[C@@H](C(F)(F)Cc2ccc(Br)cc2)O1)C(c1ccccc1)c1ccccc1. The first-order chi connectivity index (χ1) is 24.0. The number of benzene rings is 4. The molecule has 5 rings (SSSR count). The highest BCUT2D eigenvalue weighted by molar-refractivity contribution is 9.10. The zero-order chi connectivity index (χ0) is 35.7. The topological polar surface area (TPSA) is 117 Å². The number of alkyl halides is 2. The molecule has 0 bridgehead atoms. The smallest absolute Gasteiger partial charge is 0.407 e. The molecule has 0 radical (unpaired) electrons. The molecule has 1 fully saturated rings. The summed E-state index contributed by atoms with van der Waals surface area (Å²) in [7, 11) is 1.22. The summed E-state index contributed by atoms with van der Waals surface area (Å²) in [4.78, 5) is 39.6. The van der Waals surface area contributed by atoms with Crippen LogP contribution >= 0.6 is 15.9 Å². The highest BCUT2D eigenvalue weighted by Crippen LogP contribution is 2.33. The van der Waals surface area contributed by atoms with E-state index in [-0.39, 0.29) is 19.4 Å². The summed E-state index contributed by atoms with van der Waals surface area (Å²) in [6, 6.07) is 31.1. The van der Waals surface area contributed by atoms with Crippen LogP contribution in [0.1, 0.15) is 34.6 Å². The Morgan fingerprint density at radius 1 is 0.920 bits per heavy atom. The summed E-state index contributed by atoms with van der Waals surface area (Å²) in [5.41, 5.74) is 3.14. The first kappa shape index (κ1) is 36.5. The maximum atomic E-state index is 15.5. The van der Waals surface area contributed by atoms with Crippen LogP contribution in [0.2, 0.25) is 0 Å². The van der Waals surface area contributed by atoms with Crippen molar-refractivity contribution < 1.29 is 37.7 Å². The lowest BCUT2D eigenvalue weighted by molar-refractivity contribution is -0.188. The second-order valence-electron chi connectivity index (χ2n) is 12.1. The number of methoxy groups -OCH3 is 1. The summed E-state index contributed by atoms with van der Waals surface area (Å²) < 4.78 is 42.6. The quantitative estimate of drug-likeness (QED) is 0.138. The Morgan fingerprint density at radius 2 is 1.52 bits per heavy atom. The zero-order valence-electron chi connectivity index (χ0n) is 27.3. The maximum Gasteiger partial charge on any atom is 0.407 e. The van der Waals surface area contributed by atoms with E-state index in [0.717, 1.165) is 20.5 Å². The number of hydrogen-bond acceptors (Lipinski definition) is 5. The Morgan fingerprint density at radius 3 is 2.12 bits per heavy atom. The van der Waals surface area contributed by atoms with Crippen molar-refractivity contribution >= 4 is 39.7 Å². The standard InChI is InChI=1S/C38H38BrF2N3O6/c1-49-36(46)43-34(33(27-11-4-2-5-12-27)28-13-6-3-7-14-28)35(45)42-31-15-9-8-10-26(31)18-21-30-23-44(37(47)48)24-32(50-30)38(40,41)22-25-16-19-29(39)20-17-25/h2-17,19-20,30,32-34H,18,21-24H2,1H3,(H,42,45)(H,43,46)(H,47,48)/t30-,32+,34?/m1/s1. The van der Waals surface area contributed by atoms with Gasteiger partial charge in [0.15, 0.2) is 0 Å². The number of amides is 3. The van der Waals surface area contributed by atoms with E-state index < -0.39 is 61.1 Å². The van der Waals surface area contributed by atoms with Crippen LogP contribution < -0.4 is 10.6 Å². The van der Waals surface area contributed by atoms with Gasteiger partial charge in [-0.05, 0) is 53.3 Å². The van der Waals surface area contributed by atoms with Crippen LogP contribution in [0.4, 0.5) is 24.1 Å². The normalized spacial score (nSPS) is 16.8. The molecule has 0 spiro atoms. The number of nitrogens with zero attached hydrogens (tertiary/aromatic N) is 1. The minimum atomic E-state index is -3.33. The van der Waals surface area contributed by atoms with Gasteiger partial charge in [0.05, 0.1) is 26.3 Å². The van der Waals surface area contributed by atoms with Gasteiger partial charge in [0.25, 0.3) is 5.92 Å². The third-order valence-corrected chi connectivity index (χ3v) is 9.19. The number of rotatable bonds is 12. The summed E-state index contributed by atoms with van der Waals surface area (Å²) in [5, 5.41) is 15.4. The Bertz CT molecular complexity index is 1710. The molecule has 3 atom stereocenters. The molecule has 50 heavy (non-hydrogen) atoms. The highest BCUT2D eigenvalue weighted by atomic mass is 79.9. The summed E-state index contributed by atoms with van der Waals surface area (Å²) in [5.74, 6) is -4.40. The van der Waals surface area contributed by atoms with Gasteiger partial charge in [-0.1, -0.05) is 107 Å². The summed E-state index contributed by atoms with van der Waals surface area (Å²) in [6.07, 6.45) is -4.65. The lowest BCUT2D eigenvalue weighted by Gasteiger charge is -2.40. The molecule has 1 aliphatic rings. The second-order valence-corrected chi connectivity index (χ2v) is 13.0. The zero-order valence-corrected chi connectivity index (χ0v) is 28.9. The van der Waals surface area contributed by atoms with Crippen LogP contribution in [-0.4, -0.2) is 72.5 Å². The molecule has 1 unspecified atom stereocenters. The number of ether oxygens (including phenoxy) is 2. The van der Waals surface area contributed by atoms with Crippen molar-refractivity contribution in [3.63, 3.8) is 0 Å². The molecule has 1 aliphatic heterocycles. The number of aryl methyl sites for hydroxylation is 1. The van der Waals surface area contributed by atoms with Crippen LogP contribution in [0, 0.1) is 0 Å². The van der Waals surface area contributed by atoms with E-state index in [4.69, 9.17) is 9.47 Å². The maximum absolute atomic E-state index is 15.5. The van der Waals surface area contributed by atoms with E-state index in [0.29, 0.717) is 16.8 Å². The highest BCUT2D eigenvalue weighted by Gasteiger charge is 2.46. The van der Waals surface area contributed by atoms with E-state index in [9.17, 15) is 19.5 Å². The minimum Gasteiger partial charge on any atom is -0.465 e. The molecule has 4 aromatic carbocycles.